The number of ether oxygens (including phenoxy) is 5. The third-order valence-corrected chi connectivity index (χ3v) is 3.73. The maximum Gasteiger partial charge on any atom is 0.303 e. The van der Waals surface area contributed by atoms with E-state index in [9.17, 15) is 14.4 Å². The highest BCUT2D eigenvalue weighted by molar-refractivity contribution is 9.09. The molecule has 0 saturated carbocycles. The van der Waals surface area contributed by atoms with Gasteiger partial charge in [0.1, 0.15) is 25.4 Å². The smallest absolute Gasteiger partial charge is 0.303 e. The zero-order valence-corrected chi connectivity index (χ0v) is 15.1. The third kappa shape index (κ3) is 6.11. The fourth-order valence-corrected chi connectivity index (χ4v) is 2.87. The Morgan fingerprint density at radius 2 is 1.62 bits per heavy atom. The summed E-state index contributed by atoms with van der Waals surface area (Å²) >= 11 is 3.24. The van der Waals surface area contributed by atoms with Gasteiger partial charge in [0.05, 0.1) is 0 Å². The molecule has 1 aliphatic heterocycles. The molecule has 0 aromatic carbocycles. The Hall–Kier alpha value is -1.63. The molecule has 0 bridgehead atoms. The van der Waals surface area contributed by atoms with Crippen molar-refractivity contribution in [3.8, 4) is 12.3 Å². The second-order valence-electron chi connectivity index (χ2n) is 4.96. The lowest BCUT2D eigenvalue weighted by molar-refractivity contribution is -0.236. The van der Waals surface area contributed by atoms with Gasteiger partial charge < -0.3 is 23.7 Å². The van der Waals surface area contributed by atoms with Gasteiger partial charge in [0, 0.05) is 20.8 Å². The van der Waals surface area contributed by atoms with Crippen molar-refractivity contribution in [2.75, 3.05) is 13.2 Å². The zero-order chi connectivity index (χ0) is 18.3. The second-order valence-corrected chi connectivity index (χ2v) is 5.86. The molecule has 0 aliphatic carbocycles. The van der Waals surface area contributed by atoms with Crippen LogP contribution in [0.4, 0.5) is 0 Å². The van der Waals surface area contributed by atoms with Gasteiger partial charge in [-0.1, -0.05) is 21.9 Å². The van der Waals surface area contributed by atoms with E-state index in [1.54, 1.807) is 0 Å². The maximum absolute atomic E-state index is 11.4. The largest absolute Gasteiger partial charge is 0.463 e. The summed E-state index contributed by atoms with van der Waals surface area (Å²) in [4.78, 5) is 33.8. The molecule has 8 nitrogen and oxygen atoms in total. The Bertz CT molecular complexity index is 514. The van der Waals surface area contributed by atoms with Gasteiger partial charge in [0.25, 0.3) is 0 Å². The van der Waals surface area contributed by atoms with Crippen molar-refractivity contribution in [1.29, 1.82) is 0 Å². The Morgan fingerprint density at radius 3 is 2.12 bits per heavy atom. The van der Waals surface area contributed by atoms with E-state index >= 15 is 0 Å². The van der Waals surface area contributed by atoms with Crippen LogP contribution in [0.5, 0.6) is 0 Å². The third-order valence-electron chi connectivity index (χ3n) is 2.99. The molecule has 0 aromatic rings. The van der Waals surface area contributed by atoms with Gasteiger partial charge in [0.2, 0.25) is 0 Å². The second kappa shape index (κ2) is 9.61. The molecular formula is C15H19BrO8. The summed E-state index contributed by atoms with van der Waals surface area (Å²) in [5.74, 6) is 0.615. The van der Waals surface area contributed by atoms with Crippen molar-refractivity contribution in [2.45, 2.75) is 50.2 Å². The highest BCUT2D eigenvalue weighted by atomic mass is 79.9. The fraction of sp³-hybridized carbons (Fsp3) is 0.667. The van der Waals surface area contributed by atoms with Gasteiger partial charge in [-0.3, -0.25) is 14.4 Å². The van der Waals surface area contributed by atoms with E-state index in [1.165, 1.54) is 20.8 Å². The van der Waals surface area contributed by atoms with Crippen molar-refractivity contribution in [3.63, 3.8) is 0 Å². The standard InChI is InChI=1S/C15H19BrO8/c1-5-6-20-13-12(22-9(3)18)11(7-21-8(2)17)24-15(16)14(13)23-10(4)19/h1,11-15H,6-7H2,2-4H3/t11?,12-,13-,14?,15-/m0/s1. The van der Waals surface area contributed by atoms with E-state index in [4.69, 9.17) is 30.1 Å². The van der Waals surface area contributed by atoms with E-state index < -0.39 is 47.3 Å². The molecular weight excluding hydrogens is 388 g/mol. The summed E-state index contributed by atoms with van der Waals surface area (Å²) in [7, 11) is 0. The summed E-state index contributed by atoms with van der Waals surface area (Å²) < 4.78 is 26.5. The van der Waals surface area contributed by atoms with Gasteiger partial charge in [-0.05, 0) is 0 Å². The number of terminal acetylenes is 1. The summed E-state index contributed by atoms with van der Waals surface area (Å²) in [5, 5.41) is -0.767. The Labute approximate surface area is 148 Å². The molecule has 2 unspecified atom stereocenters. The van der Waals surface area contributed by atoms with Crippen LogP contribution < -0.4 is 0 Å². The molecule has 1 aliphatic rings. The first kappa shape index (κ1) is 20.4. The van der Waals surface area contributed by atoms with Crippen LogP contribution in [0.2, 0.25) is 0 Å². The molecule has 5 atom stereocenters. The van der Waals surface area contributed by atoms with Crippen molar-refractivity contribution >= 4 is 33.8 Å². The predicted molar refractivity (Wildman–Crippen MR) is 83.9 cm³/mol. The zero-order valence-electron chi connectivity index (χ0n) is 13.5. The van der Waals surface area contributed by atoms with Gasteiger partial charge in [-0.15, -0.1) is 6.42 Å². The lowest BCUT2D eigenvalue weighted by Gasteiger charge is -2.43. The molecule has 0 radical (unpaired) electrons. The van der Waals surface area contributed by atoms with Crippen LogP contribution in [-0.2, 0) is 38.1 Å². The van der Waals surface area contributed by atoms with Gasteiger partial charge in [-0.25, -0.2) is 0 Å². The van der Waals surface area contributed by atoms with E-state index in [1.807, 2.05) is 0 Å². The lowest BCUT2D eigenvalue weighted by Crippen LogP contribution is -2.60. The molecule has 9 heteroatoms. The molecule has 1 fully saturated rings. The highest BCUT2D eigenvalue weighted by Gasteiger charge is 2.50. The first-order valence-corrected chi connectivity index (χ1v) is 8.00. The molecule has 1 heterocycles. The monoisotopic (exact) mass is 406 g/mol. The first-order chi connectivity index (χ1) is 11.3. The van der Waals surface area contributed by atoms with Crippen LogP contribution >= 0.6 is 15.9 Å². The number of alkyl halides is 1. The quantitative estimate of drug-likeness (QED) is 0.273. The summed E-state index contributed by atoms with van der Waals surface area (Å²) in [6.07, 6.45) is 1.60. The molecule has 0 amide bonds. The predicted octanol–water partition coefficient (Wildman–Crippen LogP) is 0.551. The van der Waals surface area contributed by atoms with E-state index in [0.717, 1.165) is 0 Å². The van der Waals surface area contributed by atoms with Crippen molar-refractivity contribution in [1.82, 2.24) is 0 Å². The van der Waals surface area contributed by atoms with Gasteiger partial charge in [-0.2, -0.15) is 0 Å². The number of halogens is 1. The SMILES string of the molecule is C#CCO[C@@H]1C(OC(C)=O)[C@@H](Br)OC(COC(C)=O)[C@@H]1OC(C)=O. The fourth-order valence-electron chi connectivity index (χ4n) is 2.18. The molecule has 24 heavy (non-hydrogen) atoms. The maximum atomic E-state index is 11.4. The minimum Gasteiger partial charge on any atom is -0.463 e. The van der Waals surface area contributed by atoms with E-state index in [2.05, 4.69) is 21.9 Å². The van der Waals surface area contributed by atoms with Crippen LogP contribution in [0.15, 0.2) is 0 Å². The number of rotatable bonds is 6. The summed E-state index contributed by atoms with van der Waals surface area (Å²) in [6, 6.07) is 0. The van der Waals surface area contributed by atoms with E-state index in [-0.39, 0.29) is 13.2 Å². The van der Waals surface area contributed by atoms with Crippen LogP contribution in [0, 0.1) is 12.3 Å². The Kier molecular flexibility index (Phi) is 8.18. The minimum atomic E-state index is -0.978. The van der Waals surface area contributed by atoms with Crippen molar-refractivity contribution in [3.05, 3.63) is 0 Å². The van der Waals surface area contributed by atoms with Crippen LogP contribution in [-0.4, -0.2) is 60.6 Å². The average molecular weight is 407 g/mol. The first-order valence-electron chi connectivity index (χ1n) is 7.08. The minimum absolute atomic E-state index is 0.0970. The number of carbonyl (C=O) groups is 3. The highest BCUT2D eigenvalue weighted by Crippen LogP contribution is 2.31. The van der Waals surface area contributed by atoms with Crippen LogP contribution in [0.25, 0.3) is 0 Å². The lowest BCUT2D eigenvalue weighted by atomic mass is 9.99. The van der Waals surface area contributed by atoms with Crippen LogP contribution in [0.3, 0.4) is 0 Å². The Morgan fingerprint density at radius 1 is 1.04 bits per heavy atom. The molecule has 0 N–H and O–H groups in total. The van der Waals surface area contributed by atoms with Gasteiger partial charge in [0.15, 0.2) is 17.2 Å². The summed E-state index contributed by atoms with van der Waals surface area (Å²) in [6.45, 7) is 3.41. The average Bonchev–Trinajstić information content (AvgIpc) is 2.47. The Balaban J connectivity index is 3.06. The van der Waals surface area contributed by atoms with Gasteiger partial charge >= 0.3 is 17.9 Å². The molecule has 0 aromatic heterocycles. The van der Waals surface area contributed by atoms with E-state index in [0.29, 0.717) is 0 Å². The molecule has 1 saturated heterocycles. The molecule has 134 valence electrons. The van der Waals surface area contributed by atoms with Crippen molar-refractivity contribution in [2.24, 2.45) is 0 Å². The number of hydrogen-bond donors (Lipinski definition) is 0. The number of carbonyl (C=O) groups excluding carboxylic acids is 3. The van der Waals surface area contributed by atoms with Crippen LogP contribution in [0.1, 0.15) is 20.8 Å². The molecule has 0 spiro atoms. The number of esters is 3. The molecule has 1 rings (SSSR count). The summed E-state index contributed by atoms with van der Waals surface area (Å²) in [5.41, 5.74) is 0. The topological polar surface area (TPSA) is 97.4 Å². The number of hydrogen-bond acceptors (Lipinski definition) is 8. The van der Waals surface area contributed by atoms with Crippen molar-refractivity contribution < 1.29 is 38.1 Å². The normalized spacial score (nSPS) is 29.2.